The molecule has 3 aromatic rings. The van der Waals surface area contributed by atoms with Gasteiger partial charge in [0.1, 0.15) is 0 Å². The van der Waals surface area contributed by atoms with E-state index in [2.05, 4.69) is 71.5 Å². The van der Waals surface area contributed by atoms with Gasteiger partial charge >= 0.3 is 0 Å². The summed E-state index contributed by atoms with van der Waals surface area (Å²) in [4.78, 5) is 0. The molecule has 0 saturated carbocycles. The maximum atomic E-state index is 3.60. The van der Waals surface area contributed by atoms with Gasteiger partial charge in [-0.05, 0) is 45.6 Å². The number of fused-ring (bicyclic) bond motifs is 1. The summed E-state index contributed by atoms with van der Waals surface area (Å²) < 4.78 is 0. The molecule has 1 unspecified atom stereocenters. The van der Waals surface area contributed by atoms with Crippen molar-refractivity contribution in [2.75, 3.05) is 0 Å². The van der Waals surface area contributed by atoms with E-state index in [1.165, 1.54) is 21.9 Å². The normalized spacial score (nSPS) is 12.7. The van der Waals surface area contributed by atoms with Crippen LogP contribution in [-0.4, -0.2) is 0 Å². The van der Waals surface area contributed by atoms with Crippen molar-refractivity contribution in [3.8, 4) is 0 Å². The zero-order valence-electron chi connectivity index (χ0n) is 11.0. The zero-order valence-corrected chi connectivity index (χ0v) is 11.8. The average molecular weight is 267 g/mol. The molecule has 0 radical (unpaired) electrons. The van der Waals surface area contributed by atoms with E-state index < -0.39 is 0 Å². The lowest BCUT2D eigenvalue weighted by atomic mass is 10.0. The lowest BCUT2D eigenvalue weighted by Crippen LogP contribution is -2.17. The van der Waals surface area contributed by atoms with Crippen molar-refractivity contribution in [2.45, 2.75) is 19.5 Å². The van der Waals surface area contributed by atoms with Gasteiger partial charge in [0, 0.05) is 12.6 Å². The molecule has 1 aromatic heterocycles. The summed E-state index contributed by atoms with van der Waals surface area (Å²) in [5.41, 5.74) is 2.73. The van der Waals surface area contributed by atoms with E-state index in [-0.39, 0.29) is 0 Å². The molecule has 19 heavy (non-hydrogen) atoms. The first-order valence-corrected chi connectivity index (χ1v) is 7.51. The topological polar surface area (TPSA) is 12.0 Å². The Kier molecular flexibility index (Phi) is 3.62. The van der Waals surface area contributed by atoms with Crippen LogP contribution < -0.4 is 5.32 Å². The zero-order chi connectivity index (χ0) is 13.1. The van der Waals surface area contributed by atoms with Crippen molar-refractivity contribution in [1.29, 1.82) is 0 Å². The summed E-state index contributed by atoms with van der Waals surface area (Å²) in [6.45, 7) is 3.12. The quantitative estimate of drug-likeness (QED) is 0.719. The molecule has 96 valence electrons. The molecule has 1 N–H and O–H groups in total. The highest BCUT2D eigenvalue weighted by molar-refractivity contribution is 7.07. The predicted octanol–water partition coefficient (Wildman–Crippen LogP) is 4.75. The number of rotatable bonds is 4. The van der Waals surface area contributed by atoms with Crippen molar-refractivity contribution >= 4 is 22.1 Å². The number of thiophene rings is 1. The highest BCUT2D eigenvalue weighted by Gasteiger charge is 2.06. The fraction of sp³-hybridized carbons (Fsp3) is 0.176. The van der Waals surface area contributed by atoms with Gasteiger partial charge in [-0.3, -0.25) is 0 Å². The molecular formula is C17H17NS. The first-order chi connectivity index (χ1) is 9.34. The van der Waals surface area contributed by atoms with Crippen LogP contribution in [0.5, 0.6) is 0 Å². The molecule has 0 bridgehead atoms. The molecule has 0 aliphatic heterocycles. The maximum Gasteiger partial charge on any atom is 0.0303 e. The van der Waals surface area contributed by atoms with Crippen LogP contribution >= 0.6 is 11.3 Å². The van der Waals surface area contributed by atoms with Crippen molar-refractivity contribution < 1.29 is 0 Å². The molecule has 0 amide bonds. The Hall–Kier alpha value is -1.64. The van der Waals surface area contributed by atoms with E-state index in [1.54, 1.807) is 11.3 Å². The molecule has 1 nitrogen and oxygen atoms in total. The van der Waals surface area contributed by atoms with E-state index in [0.717, 1.165) is 6.54 Å². The Labute approximate surface area is 117 Å². The second-order valence-electron chi connectivity index (χ2n) is 4.80. The molecule has 2 aromatic carbocycles. The van der Waals surface area contributed by atoms with Crippen molar-refractivity contribution in [2.24, 2.45) is 0 Å². The van der Waals surface area contributed by atoms with Gasteiger partial charge in [-0.15, -0.1) is 0 Å². The monoisotopic (exact) mass is 267 g/mol. The van der Waals surface area contributed by atoms with Gasteiger partial charge in [-0.1, -0.05) is 42.5 Å². The van der Waals surface area contributed by atoms with Gasteiger partial charge in [0.15, 0.2) is 0 Å². The second-order valence-corrected chi connectivity index (χ2v) is 5.58. The van der Waals surface area contributed by atoms with Crippen LogP contribution in [0.3, 0.4) is 0 Å². The fourth-order valence-corrected chi connectivity index (χ4v) is 3.10. The van der Waals surface area contributed by atoms with Gasteiger partial charge in [0.05, 0.1) is 0 Å². The third-order valence-corrected chi connectivity index (χ3v) is 4.22. The van der Waals surface area contributed by atoms with Crippen LogP contribution in [0.25, 0.3) is 10.8 Å². The van der Waals surface area contributed by atoms with Crippen LogP contribution in [0.2, 0.25) is 0 Å². The number of nitrogens with one attached hydrogen (secondary N) is 1. The molecule has 0 aliphatic carbocycles. The predicted molar refractivity (Wildman–Crippen MR) is 83.5 cm³/mol. The minimum Gasteiger partial charge on any atom is -0.306 e. The lowest BCUT2D eigenvalue weighted by Gasteiger charge is -2.14. The van der Waals surface area contributed by atoms with E-state index >= 15 is 0 Å². The Balaban J connectivity index is 1.79. The summed E-state index contributed by atoms with van der Waals surface area (Å²) in [7, 11) is 0. The molecule has 2 heteroatoms. The summed E-state index contributed by atoms with van der Waals surface area (Å²) >= 11 is 1.75. The third kappa shape index (κ3) is 2.70. The summed E-state index contributed by atoms with van der Waals surface area (Å²) in [6.07, 6.45) is 0. The van der Waals surface area contributed by atoms with Gasteiger partial charge in [0.2, 0.25) is 0 Å². The highest BCUT2D eigenvalue weighted by Crippen LogP contribution is 2.20. The van der Waals surface area contributed by atoms with Gasteiger partial charge in [0.25, 0.3) is 0 Å². The SMILES string of the molecule is CC(NCc1cccc2ccccc12)c1ccsc1. The molecular weight excluding hydrogens is 250 g/mol. The van der Waals surface area contributed by atoms with Crippen molar-refractivity contribution in [3.63, 3.8) is 0 Å². The first kappa shape index (κ1) is 12.4. The number of hydrogen-bond acceptors (Lipinski definition) is 2. The van der Waals surface area contributed by atoms with Crippen LogP contribution in [0, 0.1) is 0 Å². The molecule has 0 aliphatic rings. The van der Waals surface area contributed by atoms with Gasteiger partial charge in [-0.2, -0.15) is 11.3 Å². The minimum atomic E-state index is 0.394. The maximum absolute atomic E-state index is 3.60. The molecule has 1 atom stereocenters. The molecule has 0 saturated heterocycles. The van der Waals surface area contributed by atoms with E-state index in [1.807, 2.05) is 0 Å². The van der Waals surface area contributed by atoms with Crippen LogP contribution in [-0.2, 0) is 6.54 Å². The first-order valence-electron chi connectivity index (χ1n) is 6.57. The second kappa shape index (κ2) is 5.55. The smallest absolute Gasteiger partial charge is 0.0303 e. The number of hydrogen-bond donors (Lipinski definition) is 1. The molecule has 3 rings (SSSR count). The Morgan fingerprint density at radius 1 is 1.05 bits per heavy atom. The summed E-state index contributed by atoms with van der Waals surface area (Å²) in [5.74, 6) is 0. The van der Waals surface area contributed by atoms with Gasteiger partial charge in [-0.25, -0.2) is 0 Å². The molecule has 1 heterocycles. The average Bonchev–Trinajstić information content (AvgIpc) is 2.99. The van der Waals surface area contributed by atoms with Gasteiger partial charge < -0.3 is 5.32 Å². The van der Waals surface area contributed by atoms with Crippen molar-refractivity contribution in [1.82, 2.24) is 5.32 Å². The summed E-state index contributed by atoms with van der Waals surface area (Å²) in [6, 6.07) is 17.6. The lowest BCUT2D eigenvalue weighted by molar-refractivity contribution is 0.578. The Morgan fingerprint density at radius 2 is 1.89 bits per heavy atom. The van der Waals surface area contributed by atoms with E-state index in [4.69, 9.17) is 0 Å². The fourth-order valence-electron chi connectivity index (χ4n) is 2.35. The van der Waals surface area contributed by atoms with E-state index in [9.17, 15) is 0 Å². The molecule has 0 spiro atoms. The highest BCUT2D eigenvalue weighted by atomic mass is 32.1. The Bertz CT molecular complexity index is 653. The van der Waals surface area contributed by atoms with Crippen LogP contribution in [0.15, 0.2) is 59.3 Å². The van der Waals surface area contributed by atoms with Crippen LogP contribution in [0.1, 0.15) is 24.1 Å². The standard InChI is InChI=1S/C17H17NS/c1-13(16-9-10-19-12-16)18-11-15-7-4-6-14-5-2-3-8-17(14)15/h2-10,12-13,18H,11H2,1H3. The Morgan fingerprint density at radius 3 is 2.74 bits per heavy atom. The largest absolute Gasteiger partial charge is 0.306 e. The van der Waals surface area contributed by atoms with E-state index in [0.29, 0.717) is 6.04 Å². The number of benzene rings is 2. The third-order valence-electron chi connectivity index (χ3n) is 3.52. The molecule has 0 fully saturated rings. The minimum absolute atomic E-state index is 0.394. The van der Waals surface area contributed by atoms with Crippen molar-refractivity contribution in [3.05, 3.63) is 70.4 Å². The summed E-state index contributed by atoms with van der Waals surface area (Å²) in [5, 5.41) is 10.6. The van der Waals surface area contributed by atoms with Crippen LogP contribution in [0.4, 0.5) is 0 Å².